The van der Waals surface area contributed by atoms with Crippen molar-refractivity contribution in [2.75, 3.05) is 40.4 Å². The maximum absolute atomic E-state index is 13.0. The van der Waals surface area contributed by atoms with Crippen molar-refractivity contribution in [3.8, 4) is 11.5 Å². The number of benzene rings is 2. The van der Waals surface area contributed by atoms with Crippen LogP contribution in [0.1, 0.15) is 5.56 Å². The fourth-order valence-corrected chi connectivity index (χ4v) is 5.74. The first-order valence-electron chi connectivity index (χ1n) is 8.74. The summed E-state index contributed by atoms with van der Waals surface area (Å²) >= 11 is 12.2. The van der Waals surface area contributed by atoms with Gasteiger partial charge < -0.3 is 9.47 Å². The van der Waals surface area contributed by atoms with E-state index in [2.05, 4.69) is 4.90 Å². The quantitative estimate of drug-likeness (QED) is 0.681. The zero-order valence-corrected chi connectivity index (χ0v) is 18.0. The number of rotatable bonds is 6. The Morgan fingerprint density at radius 3 is 2.11 bits per heavy atom. The van der Waals surface area contributed by atoms with E-state index in [0.717, 1.165) is 5.56 Å². The van der Waals surface area contributed by atoms with Crippen molar-refractivity contribution in [1.82, 2.24) is 9.21 Å². The molecule has 0 aromatic heterocycles. The van der Waals surface area contributed by atoms with Gasteiger partial charge in [0.15, 0.2) is 11.5 Å². The largest absolute Gasteiger partial charge is 0.493 e. The standard InChI is InChI=1S/C19H22Cl2N2O4S/c1-26-17-7-6-14(12-18(17)27-2)13-22-8-10-23(11-9-22)28(24,25)19-15(20)4-3-5-16(19)21/h3-7,12H,8-11,13H2,1-2H3. The summed E-state index contributed by atoms with van der Waals surface area (Å²) in [5, 5.41) is 0.278. The normalized spacial score (nSPS) is 16.1. The average molecular weight is 445 g/mol. The molecule has 28 heavy (non-hydrogen) atoms. The molecule has 2 aromatic carbocycles. The first-order valence-corrected chi connectivity index (χ1v) is 10.9. The van der Waals surface area contributed by atoms with Gasteiger partial charge in [-0.05, 0) is 29.8 Å². The number of methoxy groups -OCH3 is 2. The summed E-state index contributed by atoms with van der Waals surface area (Å²) in [6, 6.07) is 10.5. The Morgan fingerprint density at radius 1 is 0.929 bits per heavy atom. The molecular formula is C19H22Cl2N2O4S. The zero-order valence-electron chi connectivity index (χ0n) is 15.7. The number of piperazine rings is 1. The van der Waals surface area contributed by atoms with Crippen LogP contribution >= 0.6 is 23.2 Å². The van der Waals surface area contributed by atoms with Crippen LogP contribution in [-0.2, 0) is 16.6 Å². The molecule has 0 spiro atoms. The van der Waals surface area contributed by atoms with E-state index in [1.807, 2.05) is 18.2 Å². The van der Waals surface area contributed by atoms with Crippen LogP contribution in [0.15, 0.2) is 41.3 Å². The highest BCUT2D eigenvalue weighted by Crippen LogP contribution is 2.32. The first kappa shape index (κ1) is 21.2. The van der Waals surface area contributed by atoms with Gasteiger partial charge in [-0.2, -0.15) is 4.31 Å². The molecule has 6 nitrogen and oxygen atoms in total. The van der Waals surface area contributed by atoms with Crippen molar-refractivity contribution < 1.29 is 17.9 Å². The number of ether oxygens (including phenoxy) is 2. The van der Waals surface area contributed by atoms with Crippen LogP contribution in [0.5, 0.6) is 11.5 Å². The lowest BCUT2D eigenvalue weighted by Crippen LogP contribution is -2.48. The number of hydrogen-bond donors (Lipinski definition) is 0. The van der Waals surface area contributed by atoms with E-state index in [4.69, 9.17) is 32.7 Å². The van der Waals surface area contributed by atoms with Crippen LogP contribution in [-0.4, -0.2) is 58.0 Å². The van der Waals surface area contributed by atoms with Crippen molar-refractivity contribution >= 4 is 33.2 Å². The maximum atomic E-state index is 13.0. The van der Waals surface area contributed by atoms with Crippen molar-refractivity contribution in [2.24, 2.45) is 0 Å². The summed E-state index contributed by atoms with van der Waals surface area (Å²) in [4.78, 5) is 2.17. The van der Waals surface area contributed by atoms with E-state index in [1.165, 1.54) is 16.4 Å². The van der Waals surface area contributed by atoms with E-state index >= 15 is 0 Å². The zero-order chi connectivity index (χ0) is 20.3. The lowest BCUT2D eigenvalue weighted by atomic mass is 10.1. The molecule has 0 radical (unpaired) electrons. The number of nitrogens with zero attached hydrogens (tertiary/aromatic N) is 2. The predicted octanol–water partition coefficient (Wildman–Crippen LogP) is 3.52. The Labute approximate surface area is 175 Å². The van der Waals surface area contributed by atoms with E-state index in [1.54, 1.807) is 20.3 Å². The summed E-state index contributed by atoms with van der Waals surface area (Å²) in [6.45, 7) is 2.65. The van der Waals surface area contributed by atoms with Gasteiger partial charge in [-0.25, -0.2) is 8.42 Å². The van der Waals surface area contributed by atoms with Gasteiger partial charge in [0.25, 0.3) is 0 Å². The second-order valence-corrected chi connectivity index (χ2v) is 9.11. The van der Waals surface area contributed by atoms with Crippen LogP contribution in [0, 0.1) is 0 Å². The molecule has 0 bridgehead atoms. The van der Waals surface area contributed by atoms with Crippen molar-refractivity contribution in [3.05, 3.63) is 52.0 Å². The Hall–Kier alpha value is -1.51. The molecule has 0 unspecified atom stereocenters. The molecule has 2 aromatic rings. The Kier molecular flexibility index (Phi) is 6.73. The first-order chi connectivity index (χ1) is 13.4. The van der Waals surface area contributed by atoms with Gasteiger partial charge in [0, 0.05) is 32.7 Å². The summed E-state index contributed by atoms with van der Waals surface area (Å²) < 4.78 is 38.0. The fourth-order valence-electron chi connectivity index (χ4n) is 3.22. The minimum atomic E-state index is -3.73. The number of halogens is 2. The summed E-state index contributed by atoms with van der Waals surface area (Å²) in [7, 11) is -0.531. The topological polar surface area (TPSA) is 59.1 Å². The van der Waals surface area contributed by atoms with Crippen LogP contribution in [0.2, 0.25) is 10.0 Å². The molecular weight excluding hydrogens is 423 g/mol. The van der Waals surface area contributed by atoms with E-state index in [0.29, 0.717) is 44.2 Å². The summed E-state index contributed by atoms with van der Waals surface area (Å²) in [5.74, 6) is 1.35. The van der Waals surface area contributed by atoms with Gasteiger partial charge >= 0.3 is 0 Å². The third-order valence-electron chi connectivity index (χ3n) is 4.70. The van der Waals surface area contributed by atoms with Gasteiger partial charge in [-0.3, -0.25) is 4.90 Å². The molecule has 1 heterocycles. The van der Waals surface area contributed by atoms with Gasteiger partial charge in [0.1, 0.15) is 4.90 Å². The monoisotopic (exact) mass is 444 g/mol. The van der Waals surface area contributed by atoms with Gasteiger partial charge in [-0.1, -0.05) is 35.3 Å². The van der Waals surface area contributed by atoms with E-state index < -0.39 is 10.0 Å². The molecule has 0 N–H and O–H groups in total. The molecule has 0 atom stereocenters. The Morgan fingerprint density at radius 2 is 1.54 bits per heavy atom. The highest BCUT2D eigenvalue weighted by Gasteiger charge is 2.31. The lowest BCUT2D eigenvalue weighted by Gasteiger charge is -2.34. The molecule has 0 amide bonds. The van der Waals surface area contributed by atoms with Gasteiger partial charge in [0.05, 0.1) is 24.3 Å². The average Bonchev–Trinajstić information content (AvgIpc) is 2.68. The molecule has 1 aliphatic rings. The van der Waals surface area contributed by atoms with Crippen molar-refractivity contribution in [2.45, 2.75) is 11.4 Å². The lowest BCUT2D eigenvalue weighted by molar-refractivity contribution is 0.181. The second kappa shape index (κ2) is 8.88. The maximum Gasteiger partial charge on any atom is 0.246 e. The van der Waals surface area contributed by atoms with Crippen LogP contribution < -0.4 is 9.47 Å². The molecule has 1 aliphatic heterocycles. The molecule has 1 fully saturated rings. The van der Waals surface area contributed by atoms with Crippen LogP contribution in [0.4, 0.5) is 0 Å². The highest BCUT2D eigenvalue weighted by atomic mass is 35.5. The summed E-state index contributed by atoms with van der Waals surface area (Å²) in [5.41, 5.74) is 1.07. The van der Waals surface area contributed by atoms with Crippen LogP contribution in [0.25, 0.3) is 0 Å². The Balaban J connectivity index is 1.68. The highest BCUT2D eigenvalue weighted by molar-refractivity contribution is 7.89. The smallest absolute Gasteiger partial charge is 0.246 e. The van der Waals surface area contributed by atoms with Crippen LogP contribution in [0.3, 0.4) is 0 Å². The van der Waals surface area contributed by atoms with Gasteiger partial charge in [-0.15, -0.1) is 0 Å². The fraction of sp³-hybridized carbons (Fsp3) is 0.368. The van der Waals surface area contributed by atoms with E-state index in [-0.39, 0.29) is 14.9 Å². The van der Waals surface area contributed by atoms with E-state index in [9.17, 15) is 8.42 Å². The SMILES string of the molecule is COc1ccc(CN2CCN(S(=O)(=O)c3c(Cl)cccc3Cl)CC2)cc1OC. The second-order valence-electron chi connectivity index (χ2n) is 6.42. The number of hydrogen-bond acceptors (Lipinski definition) is 5. The molecule has 9 heteroatoms. The number of sulfonamides is 1. The molecule has 1 saturated heterocycles. The summed E-state index contributed by atoms with van der Waals surface area (Å²) in [6.07, 6.45) is 0. The third-order valence-corrected chi connectivity index (χ3v) is 7.56. The third kappa shape index (κ3) is 4.39. The minimum absolute atomic E-state index is 0.0216. The predicted molar refractivity (Wildman–Crippen MR) is 110 cm³/mol. The van der Waals surface area contributed by atoms with Gasteiger partial charge in [0.2, 0.25) is 10.0 Å². The van der Waals surface area contributed by atoms with Crippen molar-refractivity contribution in [1.29, 1.82) is 0 Å². The van der Waals surface area contributed by atoms with Crippen molar-refractivity contribution in [3.63, 3.8) is 0 Å². The molecule has 152 valence electrons. The molecule has 0 aliphatic carbocycles. The molecule has 0 saturated carbocycles. The minimum Gasteiger partial charge on any atom is -0.493 e. The molecule has 3 rings (SSSR count). The Bertz CT molecular complexity index is 925.